The summed E-state index contributed by atoms with van der Waals surface area (Å²) in [6.45, 7) is 3.83. The van der Waals surface area contributed by atoms with Crippen molar-refractivity contribution in [3.8, 4) is 5.75 Å². The second-order valence-corrected chi connectivity index (χ2v) is 5.84. The third kappa shape index (κ3) is 3.86. The predicted octanol–water partition coefficient (Wildman–Crippen LogP) is 5.16. The van der Waals surface area contributed by atoms with Crippen LogP contribution in [0, 0.1) is 0 Å². The number of methoxy groups -OCH3 is 1. The van der Waals surface area contributed by atoms with E-state index in [0.29, 0.717) is 12.0 Å². The molecule has 0 aliphatic heterocycles. The van der Waals surface area contributed by atoms with Crippen molar-refractivity contribution in [2.75, 3.05) is 7.11 Å². The SMILES string of the molecule is C=Cc1ccc(C(=O)c2ccc(OC)cc2)c(Cc2ccccc2)c1. The fourth-order valence-electron chi connectivity index (χ4n) is 2.82. The molecule has 0 amide bonds. The van der Waals surface area contributed by atoms with E-state index in [4.69, 9.17) is 4.74 Å². The van der Waals surface area contributed by atoms with E-state index in [1.807, 2.05) is 48.5 Å². The van der Waals surface area contributed by atoms with Crippen LogP contribution in [0.1, 0.15) is 32.6 Å². The standard InChI is InChI=1S/C23H20O2/c1-3-17-9-14-22(20(15-17)16-18-7-5-4-6-8-18)23(24)19-10-12-21(25-2)13-11-19/h3-15H,1,16H2,2H3. The molecule has 124 valence electrons. The fourth-order valence-corrected chi connectivity index (χ4v) is 2.82. The topological polar surface area (TPSA) is 26.3 Å². The molecule has 0 unspecified atom stereocenters. The third-order valence-corrected chi connectivity index (χ3v) is 4.20. The Hall–Kier alpha value is -3.13. The highest BCUT2D eigenvalue weighted by Gasteiger charge is 2.14. The van der Waals surface area contributed by atoms with Gasteiger partial charge in [0, 0.05) is 11.1 Å². The zero-order chi connectivity index (χ0) is 17.6. The van der Waals surface area contributed by atoms with E-state index in [1.165, 1.54) is 5.56 Å². The second kappa shape index (κ2) is 7.63. The van der Waals surface area contributed by atoms with Crippen LogP contribution in [-0.2, 0) is 6.42 Å². The van der Waals surface area contributed by atoms with Gasteiger partial charge in [-0.05, 0) is 47.4 Å². The summed E-state index contributed by atoms with van der Waals surface area (Å²) < 4.78 is 5.17. The van der Waals surface area contributed by atoms with Gasteiger partial charge in [-0.25, -0.2) is 0 Å². The van der Waals surface area contributed by atoms with E-state index in [1.54, 1.807) is 25.3 Å². The van der Waals surface area contributed by atoms with Gasteiger partial charge in [0.05, 0.1) is 7.11 Å². The van der Waals surface area contributed by atoms with Crippen molar-refractivity contribution >= 4 is 11.9 Å². The Bertz CT molecular complexity index is 878. The van der Waals surface area contributed by atoms with Crippen molar-refractivity contribution in [2.24, 2.45) is 0 Å². The Morgan fingerprint density at radius 2 is 1.72 bits per heavy atom. The van der Waals surface area contributed by atoms with Crippen LogP contribution in [0.2, 0.25) is 0 Å². The number of ether oxygens (including phenoxy) is 1. The minimum Gasteiger partial charge on any atom is -0.497 e. The zero-order valence-electron chi connectivity index (χ0n) is 14.2. The number of rotatable bonds is 6. The third-order valence-electron chi connectivity index (χ3n) is 4.20. The van der Waals surface area contributed by atoms with Gasteiger partial charge in [0.15, 0.2) is 5.78 Å². The Morgan fingerprint density at radius 3 is 2.36 bits per heavy atom. The molecular weight excluding hydrogens is 308 g/mol. The second-order valence-electron chi connectivity index (χ2n) is 5.84. The molecule has 2 heteroatoms. The highest BCUT2D eigenvalue weighted by Crippen LogP contribution is 2.22. The number of ketones is 1. The van der Waals surface area contributed by atoms with Crippen molar-refractivity contribution in [1.82, 2.24) is 0 Å². The van der Waals surface area contributed by atoms with Gasteiger partial charge in [-0.15, -0.1) is 0 Å². The smallest absolute Gasteiger partial charge is 0.193 e. The van der Waals surface area contributed by atoms with E-state index < -0.39 is 0 Å². The van der Waals surface area contributed by atoms with Crippen LogP contribution in [0.3, 0.4) is 0 Å². The van der Waals surface area contributed by atoms with Gasteiger partial charge in [-0.3, -0.25) is 4.79 Å². The van der Waals surface area contributed by atoms with Gasteiger partial charge in [-0.1, -0.05) is 61.2 Å². The van der Waals surface area contributed by atoms with Gasteiger partial charge in [0.25, 0.3) is 0 Å². The molecule has 25 heavy (non-hydrogen) atoms. The van der Waals surface area contributed by atoms with Gasteiger partial charge in [-0.2, -0.15) is 0 Å². The molecule has 0 saturated carbocycles. The Kier molecular flexibility index (Phi) is 5.10. The maximum Gasteiger partial charge on any atom is 0.193 e. The minimum absolute atomic E-state index is 0.0178. The maximum absolute atomic E-state index is 13.0. The van der Waals surface area contributed by atoms with Crippen LogP contribution in [0.4, 0.5) is 0 Å². The molecule has 0 bridgehead atoms. The Morgan fingerprint density at radius 1 is 1.00 bits per heavy atom. The highest BCUT2D eigenvalue weighted by atomic mass is 16.5. The van der Waals surface area contributed by atoms with E-state index in [2.05, 4.69) is 18.7 Å². The largest absolute Gasteiger partial charge is 0.497 e. The quantitative estimate of drug-likeness (QED) is 0.584. The molecule has 0 radical (unpaired) electrons. The summed E-state index contributed by atoms with van der Waals surface area (Å²) in [5, 5.41) is 0. The van der Waals surface area contributed by atoms with Gasteiger partial charge in [0.2, 0.25) is 0 Å². The van der Waals surface area contributed by atoms with Gasteiger partial charge < -0.3 is 4.74 Å². The number of benzene rings is 3. The van der Waals surface area contributed by atoms with Crippen molar-refractivity contribution in [1.29, 1.82) is 0 Å². The van der Waals surface area contributed by atoms with Crippen molar-refractivity contribution in [3.63, 3.8) is 0 Å². The molecule has 0 N–H and O–H groups in total. The Labute approximate surface area is 148 Å². The summed E-state index contributed by atoms with van der Waals surface area (Å²) in [6.07, 6.45) is 2.51. The van der Waals surface area contributed by atoms with Crippen LogP contribution in [0.5, 0.6) is 5.75 Å². The van der Waals surface area contributed by atoms with Crippen molar-refractivity contribution in [3.05, 3.63) is 107 Å². The first kappa shape index (κ1) is 16.7. The first-order chi connectivity index (χ1) is 12.2. The first-order valence-electron chi connectivity index (χ1n) is 8.19. The minimum atomic E-state index is 0.0178. The van der Waals surface area contributed by atoms with E-state index in [0.717, 1.165) is 22.4 Å². The number of hydrogen-bond acceptors (Lipinski definition) is 2. The molecule has 0 atom stereocenters. The summed E-state index contributed by atoms with van der Waals surface area (Å²) in [5.74, 6) is 0.757. The first-order valence-corrected chi connectivity index (χ1v) is 8.19. The lowest BCUT2D eigenvalue weighted by Crippen LogP contribution is -2.06. The molecule has 0 saturated heterocycles. The normalized spacial score (nSPS) is 10.3. The van der Waals surface area contributed by atoms with E-state index >= 15 is 0 Å². The molecule has 0 aliphatic rings. The van der Waals surface area contributed by atoms with Crippen LogP contribution in [0.25, 0.3) is 6.08 Å². The van der Waals surface area contributed by atoms with Crippen molar-refractivity contribution < 1.29 is 9.53 Å². The van der Waals surface area contributed by atoms with Crippen LogP contribution < -0.4 is 4.74 Å². The summed E-state index contributed by atoms with van der Waals surface area (Å²) in [7, 11) is 1.61. The molecule has 3 aromatic carbocycles. The molecule has 2 nitrogen and oxygen atoms in total. The lowest BCUT2D eigenvalue weighted by Gasteiger charge is -2.11. The molecule has 0 spiro atoms. The molecular formula is C23H20O2. The predicted molar refractivity (Wildman–Crippen MR) is 102 cm³/mol. The van der Waals surface area contributed by atoms with Crippen LogP contribution in [0.15, 0.2) is 79.4 Å². The summed E-state index contributed by atoms with van der Waals surface area (Å²) >= 11 is 0. The average Bonchev–Trinajstić information content (AvgIpc) is 2.68. The van der Waals surface area contributed by atoms with Crippen LogP contribution in [-0.4, -0.2) is 12.9 Å². The number of hydrogen-bond donors (Lipinski definition) is 0. The van der Waals surface area contributed by atoms with E-state index in [-0.39, 0.29) is 5.78 Å². The molecule has 0 aromatic heterocycles. The molecule has 3 rings (SSSR count). The summed E-state index contributed by atoms with van der Waals surface area (Å²) in [5.41, 5.74) is 4.57. The molecule has 0 aliphatic carbocycles. The van der Waals surface area contributed by atoms with E-state index in [9.17, 15) is 4.79 Å². The van der Waals surface area contributed by atoms with Gasteiger partial charge >= 0.3 is 0 Å². The summed E-state index contributed by atoms with van der Waals surface area (Å²) in [4.78, 5) is 13.0. The molecule has 0 fully saturated rings. The van der Waals surface area contributed by atoms with Gasteiger partial charge in [0.1, 0.15) is 5.75 Å². The monoisotopic (exact) mass is 328 g/mol. The highest BCUT2D eigenvalue weighted by molar-refractivity contribution is 6.10. The lowest BCUT2D eigenvalue weighted by molar-refractivity contribution is 0.103. The average molecular weight is 328 g/mol. The number of carbonyl (C=O) groups excluding carboxylic acids is 1. The zero-order valence-corrected chi connectivity index (χ0v) is 14.2. The maximum atomic E-state index is 13.0. The Balaban J connectivity index is 1.99. The number of carbonyl (C=O) groups is 1. The molecule has 0 heterocycles. The lowest BCUT2D eigenvalue weighted by atomic mass is 9.92. The van der Waals surface area contributed by atoms with Crippen LogP contribution >= 0.6 is 0 Å². The molecule has 3 aromatic rings. The summed E-state index contributed by atoms with van der Waals surface area (Å²) in [6, 6.07) is 23.2. The van der Waals surface area contributed by atoms with Crippen molar-refractivity contribution in [2.45, 2.75) is 6.42 Å². The fraction of sp³-hybridized carbons (Fsp3) is 0.0870.